The van der Waals surface area contributed by atoms with Crippen LogP contribution in [0.5, 0.6) is 0 Å². The van der Waals surface area contributed by atoms with E-state index in [-0.39, 0.29) is 18.4 Å². The lowest BCUT2D eigenvalue weighted by molar-refractivity contribution is -0.132. The van der Waals surface area contributed by atoms with E-state index in [4.69, 9.17) is 5.10 Å². The molecular weight excluding hydrogens is 400 g/mol. The summed E-state index contributed by atoms with van der Waals surface area (Å²) in [6.07, 6.45) is 5.25. The second-order valence-electron chi connectivity index (χ2n) is 7.62. The van der Waals surface area contributed by atoms with Gasteiger partial charge < -0.3 is 10.2 Å². The van der Waals surface area contributed by atoms with Gasteiger partial charge in [0.1, 0.15) is 0 Å². The number of likely N-dealkylation sites (N-methyl/N-ethyl adjacent to an activating group) is 2. The molecule has 6 heteroatoms. The van der Waals surface area contributed by atoms with Gasteiger partial charge in [0.05, 0.1) is 18.8 Å². The third kappa shape index (κ3) is 6.17. The SMILES string of the molecule is CCNC(=O)CN(CC)C(=O)/C=C/c1cn(Cc2ccccc2)nc1-c1ccc(C)cc1. The van der Waals surface area contributed by atoms with Crippen molar-refractivity contribution in [2.45, 2.75) is 27.3 Å². The lowest BCUT2D eigenvalue weighted by Crippen LogP contribution is -2.39. The highest BCUT2D eigenvalue weighted by molar-refractivity contribution is 5.95. The van der Waals surface area contributed by atoms with Gasteiger partial charge >= 0.3 is 0 Å². The van der Waals surface area contributed by atoms with Crippen molar-refractivity contribution in [2.24, 2.45) is 0 Å². The van der Waals surface area contributed by atoms with Crippen molar-refractivity contribution >= 4 is 17.9 Å². The highest BCUT2D eigenvalue weighted by Crippen LogP contribution is 2.24. The van der Waals surface area contributed by atoms with Crippen LogP contribution in [-0.4, -0.2) is 46.1 Å². The van der Waals surface area contributed by atoms with Crippen molar-refractivity contribution in [3.05, 3.63) is 83.6 Å². The van der Waals surface area contributed by atoms with Crippen molar-refractivity contribution < 1.29 is 9.59 Å². The zero-order valence-corrected chi connectivity index (χ0v) is 18.9. The van der Waals surface area contributed by atoms with E-state index in [9.17, 15) is 9.59 Å². The van der Waals surface area contributed by atoms with Gasteiger partial charge in [0.25, 0.3) is 0 Å². The topological polar surface area (TPSA) is 67.2 Å². The van der Waals surface area contributed by atoms with Gasteiger partial charge in [-0.3, -0.25) is 14.3 Å². The number of hydrogen-bond donors (Lipinski definition) is 1. The Morgan fingerprint density at radius 1 is 1.06 bits per heavy atom. The lowest BCUT2D eigenvalue weighted by atomic mass is 10.1. The van der Waals surface area contributed by atoms with Crippen LogP contribution in [0.3, 0.4) is 0 Å². The lowest BCUT2D eigenvalue weighted by Gasteiger charge is -2.18. The summed E-state index contributed by atoms with van der Waals surface area (Å²) in [6, 6.07) is 18.3. The Morgan fingerprint density at radius 2 is 1.78 bits per heavy atom. The van der Waals surface area contributed by atoms with Crippen molar-refractivity contribution in [1.29, 1.82) is 0 Å². The zero-order valence-electron chi connectivity index (χ0n) is 18.9. The molecule has 0 saturated carbocycles. The first kappa shape index (κ1) is 23.0. The Bertz CT molecular complexity index is 1070. The van der Waals surface area contributed by atoms with E-state index < -0.39 is 0 Å². The molecule has 6 nitrogen and oxygen atoms in total. The maximum absolute atomic E-state index is 12.7. The van der Waals surface area contributed by atoms with E-state index in [1.807, 2.05) is 62.0 Å². The Kier molecular flexibility index (Phi) is 7.97. The molecule has 0 aliphatic rings. The molecular formula is C26H30N4O2. The molecule has 0 aliphatic heterocycles. The Morgan fingerprint density at radius 3 is 2.44 bits per heavy atom. The largest absolute Gasteiger partial charge is 0.355 e. The number of nitrogens with one attached hydrogen (secondary N) is 1. The molecule has 0 unspecified atom stereocenters. The number of carbonyl (C=O) groups is 2. The standard InChI is InChI=1S/C26H30N4O2/c1-4-27-24(31)19-29(5-2)25(32)16-15-23-18-30(17-21-9-7-6-8-10-21)28-26(23)22-13-11-20(3)12-14-22/h6-16,18H,4-5,17,19H2,1-3H3,(H,27,31)/b16-15+. The Labute approximate surface area is 189 Å². The van der Waals surface area contributed by atoms with E-state index in [1.54, 1.807) is 6.08 Å². The number of aromatic nitrogens is 2. The van der Waals surface area contributed by atoms with Gasteiger partial charge in [-0.15, -0.1) is 0 Å². The first-order valence-corrected chi connectivity index (χ1v) is 10.9. The fraction of sp³-hybridized carbons (Fsp3) is 0.269. The molecule has 166 valence electrons. The monoisotopic (exact) mass is 430 g/mol. The smallest absolute Gasteiger partial charge is 0.247 e. The maximum atomic E-state index is 12.7. The quantitative estimate of drug-likeness (QED) is 0.524. The summed E-state index contributed by atoms with van der Waals surface area (Å²) >= 11 is 0. The van der Waals surface area contributed by atoms with Gasteiger partial charge in [-0.2, -0.15) is 5.10 Å². The van der Waals surface area contributed by atoms with Gasteiger partial charge in [0.15, 0.2) is 0 Å². The molecule has 0 spiro atoms. The van der Waals surface area contributed by atoms with Crippen molar-refractivity contribution in [2.75, 3.05) is 19.6 Å². The van der Waals surface area contributed by atoms with Crippen LogP contribution < -0.4 is 5.32 Å². The van der Waals surface area contributed by atoms with E-state index >= 15 is 0 Å². The van der Waals surface area contributed by atoms with E-state index in [2.05, 4.69) is 29.6 Å². The highest BCUT2D eigenvalue weighted by Gasteiger charge is 2.14. The van der Waals surface area contributed by atoms with Gasteiger partial charge in [-0.05, 0) is 32.4 Å². The number of nitrogens with zero attached hydrogens (tertiary/aromatic N) is 3. The molecule has 0 fully saturated rings. The molecule has 0 radical (unpaired) electrons. The second-order valence-corrected chi connectivity index (χ2v) is 7.62. The van der Waals surface area contributed by atoms with Crippen LogP contribution in [0.1, 0.15) is 30.5 Å². The average Bonchev–Trinajstić information content (AvgIpc) is 3.19. The number of carbonyl (C=O) groups excluding carboxylic acids is 2. The summed E-state index contributed by atoms with van der Waals surface area (Å²) in [7, 11) is 0. The predicted octanol–water partition coefficient (Wildman–Crippen LogP) is 3.90. The van der Waals surface area contributed by atoms with Crippen LogP contribution in [-0.2, 0) is 16.1 Å². The van der Waals surface area contributed by atoms with Gasteiger partial charge in [-0.1, -0.05) is 60.2 Å². The number of amides is 2. The molecule has 3 aromatic rings. The van der Waals surface area contributed by atoms with Gasteiger partial charge in [0.2, 0.25) is 11.8 Å². The summed E-state index contributed by atoms with van der Waals surface area (Å²) in [5.74, 6) is -0.364. The van der Waals surface area contributed by atoms with Crippen LogP contribution in [0.4, 0.5) is 0 Å². The third-order valence-electron chi connectivity index (χ3n) is 5.11. The predicted molar refractivity (Wildman–Crippen MR) is 128 cm³/mol. The molecule has 0 bridgehead atoms. The van der Waals surface area contributed by atoms with Crippen molar-refractivity contribution in [3.8, 4) is 11.3 Å². The minimum Gasteiger partial charge on any atom is -0.355 e. The van der Waals surface area contributed by atoms with E-state index in [0.29, 0.717) is 19.6 Å². The summed E-state index contributed by atoms with van der Waals surface area (Å²) in [4.78, 5) is 26.1. The van der Waals surface area contributed by atoms with Crippen LogP contribution in [0, 0.1) is 6.92 Å². The molecule has 1 aromatic heterocycles. The Hall–Kier alpha value is -3.67. The van der Waals surface area contributed by atoms with E-state index in [0.717, 1.165) is 22.4 Å². The fourth-order valence-electron chi connectivity index (χ4n) is 3.38. The Balaban J connectivity index is 1.86. The van der Waals surface area contributed by atoms with E-state index in [1.165, 1.54) is 16.5 Å². The van der Waals surface area contributed by atoms with Crippen LogP contribution in [0.15, 0.2) is 66.9 Å². The van der Waals surface area contributed by atoms with Gasteiger partial charge in [-0.25, -0.2) is 0 Å². The first-order valence-electron chi connectivity index (χ1n) is 10.9. The summed E-state index contributed by atoms with van der Waals surface area (Å²) in [5.41, 5.74) is 4.98. The summed E-state index contributed by atoms with van der Waals surface area (Å²) in [5, 5.41) is 7.53. The molecule has 0 saturated heterocycles. The second kappa shape index (κ2) is 11.1. The minimum absolute atomic E-state index is 0.0472. The average molecular weight is 431 g/mol. The number of aryl methyl sites for hydroxylation is 1. The summed E-state index contributed by atoms with van der Waals surface area (Å²) < 4.78 is 1.89. The maximum Gasteiger partial charge on any atom is 0.247 e. The minimum atomic E-state index is -0.204. The molecule has 1 N–H and O–H groups in total. The molecule has 0 atom stereocenters. The van der Waals surface area contributed by atoms with Crippen LogP contribution >= 0.6 is 0 Å². The number of hydrogen-bond acceptors (Lipinski definition) is 3. The third-order valence-corrected chi connectivity index (χ3v) is 5.11. The van der Waals surface area contributed by atoms with Crippen LogP contribution in [0.25, 0.3) is 17.3 Å². The van der Waals surface area contributed by atoms with Gasteiger partial charge in [0, 0.05) is 36.5 Å². The fourth-order valence-corrected chi connectivity index (χ4v) is 3.38. The molecule has 0 aliphatic carbocycles. The number of rotatable bonds is 9. The van der Waals surface area contributed by atoms with Crippen LogP contribution in [0.2, 0.25) is 0 Å². The molecule has 2 aromatic carbocycles. The number of benzene rings is 2. The molecule has 2 amide bonds. The van der Waals surface area contributed by atoms with Crippen molar-refractivity contribution in [1.82, 2.24) is 20.0 Å². The highest BCUT2D eigenvalue weighted by atomic mass is 16.2. The molecule has 3 rings (SSSR count). The molecule has 32 heavy (non-hydrogen) atoms. The normalized spacial score (nSPS) is 11.0. The first-order chi connectivity index (χ1) is 15.5. The summed E-state index contributed by atoms with van der Waals surface area (Å²) in [6.45, 7) is 7.45. The van der Waals surface area contributed by atoms with Crippen molar-refractivity contribution in [3.63, 3.8) is 0 Å². The zero-order chi connectivity index (χ0) is 22.9. The molecule has 1 heterocycles.